The zero-order valence-electron chi connectivity index (χ0n) is 15.8. The number of anilines is 2. The Kier molecular flexibility index (Phi) is 4.81. The molecule has 6 nitrogen and oxygen atoms in total. The fourth-order valence-electron chi connectivity index (χ4n) is 3.58. The summed E-state index contributed by atoms with van der Waals surface area (Å²) in [5, 5.41) is 4.00. The van der Waals surface area contributed by atoms with Crippen LogP contribution < -0.4 is 10.2 Å². The third kappa shape index (κ3) is 3.66. The van der Waals surface area contributed by atoms with Gasteiger partial charge in [-0.25, -0.2) is 4.98 Å². The van der Waals surface area contributed by atoms with Crippen LogP contribution in [0.2, 0.25) is 0 Å². The minimum Gasteiger partial charge on any atom is -0.357 e. The van der Waals surface area contributed by atoms with Crippen LogP contribution >= 0.6 is 0 Å². The van der Waals surface area contributed by atoms with E-state index in [1.165, 1.54) is 5.56 Å². The second-order valence-electron chi connectivity index (χ2n) is 6.99. The lowest BCUT2D eigenvalue weighted by molar-refractivity contribution is 0.102. The van der Waals surface area contributed by atoms with Gasteiger partial charge in [-0.15, -0.1) is 0 Å². The molecular formula is C21H25N5O. The highest BCUT2D eigenvalue weighted by atomic mass is 16.1. The third-order valence-electron chi connectivity index (χ3n) is 5.25. The summed E-state index contributed by atoms with van der Waals surface area (Å²) in [5.74, 6) is 0.898. The highest BCUT2D eigenvalue weighted by molar-refractivity contribution is 6.04. The quantitative estimate of drug-likeness (QED) is 0.747. The van der Waals surface area contributed by atoms with E-state index < -0.39 is 0 Å². The maximum Gasteiger partial charge on any atom is 0.272 e. The molecule has 0 radical (unpaired) electrons. The average molecular weight is 363 g/mol. The van der Waals surface area contributed by atoms with E-state index in [4.69, 9.17) is 4.98 Å². The molecule has 2 N–H and O–H groups in total. The number of carbonyl (C=O) groups is 1. The summed E-state index contributed by atoms with van der Waals surface area (Å²) in [5.41, 5.74) is 3.45. The van der Waals surface area contributed by atoms with Crippen molar-refractivity contribution in [2.75, 3.05) is 42.9 Å². The summed E-state index contributed by atoms with van der Waals surface area (Å²) >= 11 is 0. The fourth-order valence-corrected chi connectivity index (χ4v) is 3.58. The molecule has 2 aromatic heterocycles. The zero-order valence-corrected chi connectivity index (χ0v) is 15.8. The summed E-state index contributed by atoms with van der Waals surface area (Å²) in [4.78, 5) is 24.9. The van der Waals surface area contributed by atoms with E-state index in [9.17, 15) is 4.79 Å². The molecule has 0 bridgehead atoms. The van der Waals surface area contributed by atoms with E-state index in [0.717, 1.165) is 55.1 Å². The number of aromatic nitrogens is 2. The van der Waals surface area contributed by atoms with Crippen LogP contribution in [-0.4, -0.2) is 53.5 Å². The molecule has 6 heteroatoms. The van der Waals surface area contributed by atoms with Crippen molar-refractivity contribution in [2.24, 2.45) is 0 Å². The van der Waals surface area contributed by atoms with Gasteiger partial charge in [0.1, 0.15) is 11.5 Å². The highest BCUT2D eigenvalue weighted by Crippen LogP contribution is 2.26. The van der Waals surface area contributed by atoms with Crippen molar-refractivity contribution in [1.82, 2.24) is 14.9 Å². The molecule has 1 aliphatic heterocycles. The van der Waals surface area contributed by atoms with Gasteiger partial charge in [-0.05, 0) is 55.4 Å². The van der Waals surface area contributed by atoms with E-state index in [1.807, 2.05) is 24.3 Å². The Morgan fingerprint density at radius 2 is 2.00 bits per heavy atom. The Labute approximate surface area is 159 Å². The molecule has 27 heavy (non-hydrogen) atoms. The first-order valence-corrected chi connectivity index (χ1v) is 9.47. The van der Waals surface area contributed by atoms with Gasteiger partial charge in [-0.3, -0.25) is 4.79 Å². The SMILES string of the molecule is CCN1CCN(c2cc(C)c3cc(NC(=O)c4ccc[nH]4)ccc3n2)CC1. The molecule has 0 aliphatic carbocycles. The molecule has 1 aliphatic rings. The predicted molar refractivity (Wildman–Crippen MR) is 110 cm³/mol. The lowest BCUT2D eigenvalue weighted by Gasteiger charge is -2.35. The van der Waals surface area contributed by atoms with Crippen LogP contribution in [0.3, 0.4) is 0 Å². The number of likely N-dealkylation sites (N-methyl/N-ethyl adjacent to an activating group) is 1. The first-order valence-electron chi connectivity index (χ1n) is 9.47. The van der Waals surface area contributed by atoms with E-state index in [2.05, 4.69) is 40.0 Å². The van der Waals surface area contributed by atoms with Gasteiger partial charge in [0.05, 0.1) is 5.52 Å². The van der Waals surface area contributed by atoms with E-state index >= 15 is 0 Å². The van der Waals surface area contributed by atoms with Crippen LogP contribution in [-0.2, 0) is 0 Å². The summed E-state index contributed by atoms with van der Waals surface area (Å²) in [6.07, 6.45) is 1.74. The minimum absolute atomic E-state index is 0.143. The van der Waals surface area contributed by atoms with Gasteiger partial charge >= 0.3 is 0 Å². The van der Waals surface area contributed by atoms with Crippen molar-refractivity contribution < 1.29 is 4.79 Å². The standard InChI is InChI=1S/C21H25N5O/c1-3-25-9-11-26(12-10-25)20-13-15(2)17-14-16(6-7-18(17)24-20)23-21(27)19-5-4-8-22-19/h4-8,13-14,22H,3,9-12H2,1-2H3,(H,23,27). The molecule has 1 saturated heterocycles. The van der Waals surface area contributed by atoms with Crippen molar-refractivity contribution in [2.45, 2.75) is 13.8 Å². The molecule has 0 saturated carbocycles. The number of nitrogens with zero attached hydrogens (tertiary/aromatic N) is 3. The van der Waals surface area contributed by atoms with Gasteiger partial charge in [0, 0.05) is 43.4 Å². The normalized spacial score (nSPS) is 15.3. The second-order valence-corrected chi connectivity index (χ2v) is 6.99. The number of H-pyrrole nitrogens is 1. The molecule has 1 aromatic carbocycles. The smallest absolute Gasteiger partial charge is 0.272 e. The van der Waals surface area contributed by atoms with Gasteiger partial charge in [0.15, 0.2) is 0 Å². The van der Waals surface area contributed by atoms with Crippen molar-refractivity contribution in [3.63, 3.8) is 0 Å². The number of aryl methyl sites for hydroxylation is 1. The predicted octanol–water partition coefficient (Wildman–Crippen LogP) is 3.27. The number of pyridine rings is 1. The number of carbonyl (C=O) groups excluding carboxylic acids is 1. The molecule has 4 rings (SSSR count). The maximum atomic E-state index is 12.2. The van der Waals surface area contributed by atoms with Crippen molar-refractivity contribution in [3.05, 3.63) is 53.9 Å². The van der Waals surface area contributed by atoms with Gasteiger partial charge < -0.3 is 20.1 Å². The highest BCUT2D eigenvalue weighted by Gasteiger charge is 2.18. The Morgan fingerprint density at radius 3 is 2.70 bits per heavy atom. The summed E-state index contributed by atoms with van der Waals surface area (Å²) in [7, 11) is 0. The monoisotopic (exact) mass is 363 g/mol. The van der Waals surface area contributed by atoms with Crippen LogP contribution in [0.4, 0.5) is 11.5 Å². The number of amides is 1. The molecular weight excluding hydrogens is 338 g/mol. The molecule has 0 atom stereocenters. The van der Waals surface area contributed by atoms with Crippen LogP contribution in [0.15, 0.2) is 42.6 Å². The average Bonchev–Trinajstić information content (AvgIpc) is 3.23. The molecule has 3 aromatic rings. The summed E-state index contributed by atoms with van der Waals surface area (Å²) in [6, 6.07) is 11.6. The summed E-state index contributed by atoms with van der Waals surface area (Å²) < 4.78 is 0. The number of fused-ring (bicyclic) bond motifs is 1. The zero-order chi connectivity index (χ0) is 18.8. The van der Waals surface area contributed by atoms with Gasteiger partial charge in [0.25, 0.3) is 5.91 Å². The van der Waals surface area contributed by atoms with Crippen molar-refractivity contribution in [1.29, 1.82) is 0 Å². The minimum atomic E-state index is -0.143. The number of rotatable bonds is 4. The maximum absolute atomic E-state index is 12.2. The molecule has 0 spiro atoms. The van der Waals surface area contributed by atoms with Crippen LogP contribution in [0.25, 0.3) is 10.9 Å². The number of benzene rings is 1. The Morgan fingerprint density at radius 1 is 1.19 bits per heavy atom. The number of nitrogens with one attached hydrogen (secondary N) is 2. The Bertz CT molecular complexity index is 943. The first-order chi connectivity index (χ1) is 13.1. The lowest BCUT2D eigenvalue weighted by Crippen LogP contribution is -2.46. The topological polar surface area (TPSA) is 64.3 Å². The summed E-state index contributed by atoms with van der Waals surface area (Å²) in [6.45, 7) is 9.60. The second kappa shape index (κ2) is 7.40. The Balaban J connectivity index is 1.56. The number of aromatic amines is 1. The van der Waals surface area contributed by atoms with Gasteiger partial charge in [-0.1, -0.05) is 6.92 Å². The lowest BCUT2D eigenvalue weighted by atomic mass is 10.1. The van der Waals surface area contributed by atoms with Crippen LogP contribution in [0.1, 0.15) is 23.0 Å². The van der Waals surface area contributed by atoms with Crippen molar-refractivity contribution >= 4 is 28.3 Å². The molecule has 3 heterocycles. The van der Waals surface area contributed by atoms with Crippen molar-refractivity contribution in [3.8, 4) is 0 Å². The van der Waals surface area contributed by atoms with E-state index in [0.29, 0.717) is 5.69 Å². The van der Waals surface area contributed by atoms with Gasteiger partial charge in [-0.2, -0.15) is 0 Å². The van der Waals surface area contributed by atoms with E-state index in [1.54, 1.807) is 12.3 Å². The molecule has 1 fully saturated rings. The number of hydrogen-bond donors (Lipinski definition) is 2. The van der Waals surface area contributed by atoms with Gasteiger partial charge in [0.2, 0.25) is 0 Å². The fraction of sp³-hybridized carbons (Fsp3) is 0.333. The first kappa shape index (κ1) is 17.5. The Hall–Kier alpha value is -2.86. The largest absolute Gasteiger partial charge is 0.357 e. The van der Waals surface area contributed by atoms with Crippen LogP contribution in [0.5, 0.6) is 0 Å². The molecule has 0 unspecified atom stereocenters. The number of hydrogen-bond acceptors (Lipinski definition) is 4. The van der Waals surface area contributed by atoms with E-state index in [-0.39, 0.29) is 5.91 Å². The third-order valence-corrected chi connectivity index (χ3v) is 5.25. The number of piperazine rings is 1. The molecule has 1 amide bonds. The molecule has 140 valence electrons. The van der Waals surface area contributed by atoms with Crippen LogP contribution in [0, 0.1) is 6.92 Å².